The normalized spacial score (nSPS) is 11.8. The standard InChI is InChI=1S/C47H27N3O2/c1-3-11-30-25-32(21-19-28(30)9-1)35-14-7-15-38-43-39(16-8-18-41(43)52-44(35)38)47-49-45(33-22-20-29-10-2-4-12-31(29)26-33)48-46(50-47)34-23-24-37-36-13-5-6-17-40(36)51-42(37)27-34/h1-27H. The van der Waals surface area contributed by atoms with Crippen LogP contribution in [0, 0.1) is 0 Å². The molecule has 242 valence electrons. The van der Waals surface area contributed by atoms with Crippen molar-refractivity contribution >= 4 is 65.4 Å². The van der Waals surface area contributed by atoms with Crippen LogP contribution in [0.15, 0.2) is 173 Å². The minimum Gasteiger partial charge on any atom is -0.456 e. The second kappa shape index (κ2) is 11.2. The van der Waals surface area contributed by atoms with E-state index in [0.717, 1.165) is 82.5 Å². The summed E-state index contributed by atoms with van der Waals surface area (Å²) in [6.45, 7) is 0. The molecule has 0 saturated carbocycles. The Morgan fingerprint density at radius 3 is 1.69 bits per heavy atom. The fourth-order valence-corrected chi connectivity index (χ4v) is 7.57. The van der Waals surface area contributed by atoms with E-state index in [9.17, 15) is 0 Å². The van der Waals surface area contributed by atoms with Gasteiger partial charge in [0.2, 0.25) is 0 Å². The predicted molar refractivity (Wildman–Crippen MR) is 211 cm³/mol. The molecule has 3 heterocycles. The molecule has 0 fully saturated rings. The zero-order valence-electron chi connectivity index (χ0n) is 27.7. The minimum atomic E-state index is 0.567. The number of para-hydroxylation sites is 2. The van der Waals surface area contributed by atoms with Gasteiger partial charge in [-0.3, -0.25) is 0 Å². The van der Waals surface area contributed by atoms with Crippen LogP contribution < -0.4 is 0 Å². The molecule has 0 saturated heterocycles. The molecular formula is C47H27N3O2. The lowest BCUT2D eigenvalue weighted by Gasteiger charge is -2.10. The molecule has 0 unspecified atom stereocenters. The van der Waals surface area contributed by atoms with E-state index in [2.05, 4.69) is 127 Å². The van der Waals surface area contributed by atoms with Crippen LogP contribution in [0.4, 0.5) is 0 Å². The van der Waals surface area contributed by atoms with E-state index in [-0.39, 0.29) is 0 Å². The third-order valence-electron chi connectivity index (χ3n) is 10.1. The second-order valence-electron chi connectivity index (χ2n) is 13.2. The third kappa shape index (κ3) is 4.53. The first kappa shape index (κ1) is 28.7. The quantitative estimate of drug-likeness (QED) is 0.187. The lowest BCUT2D eigenvalue weighted by Crippen LogP contribution is -2.00. The number of rotatable bonds is 4. The molecule has 0 amide bonds. The SMILES string of the molecule is c1ccc2cc(-c3nc(-c4ccc5c(c4)oc4ccccc45)nc(-c4cccc5oc6c(-c7ccc8ccccc8c7)cccc6c45)n3)ccc2c1. The van der Waals surface area contributed by atoms with Crippen LogP contribution in [0.1, 0.15) is 0 Å². The number of nitrogens with zero attached hydrogens (tertiary/aromatic N) is 3. The fraction of sp³-hybridized carbons (Fsp3) is 0. The molecule has 11 aromatic rings. The van der Waals surface area contributed by atoms with Crippen molar-refractivity contribution in [3.05, 3.63) is 164 Å². The highest BCUT2D eigenvalue weighted by atomic mass is 16.3. The first-order valence-electron chi connectivity index (χ1n) is 17.3. The Morgan fingerprint density at radius 2 is 0.885 bits per heavy atom. The summed E-state index contributed by atoms with van der Waals surface area (Å²) in [5.41, 5.74) is 8.03. The Balaban J connectivity index is 1.13. The average molecular weight is 666 g/mol. The van der Waals surface area contributed by atoms with Gasteiger partial charge < -0.3 is 8.83 Å². The van der Waals surface area contributed by atoms with Crippen LogP contribution in [-0.2, 0) is 0 Å². The summed E-state index contributed by atoms with van der Waals surface area (Å²) in [5, 5.41) is 8.79. The van der Waals surface area contributed by atoms with Crippen molar-refractivity contribution in [1.82, 2.24) is 15.0 Å². The largest absolute Gasteiger partial charge is 0.456 e. The van der Waals surface area contributed by atoms with Gasteiger partial charge in [-0.1, -0.05) is 127 Å². The smallest absolute Gasteiger partial charge is 0.164 e. The van der Waals surface area contributed by atoms with Crippen molar-refractivity contribution < 1.29 is 8.83 Å². The van der Waals surface area contributed by atoms with Gasteiger partial charge in [0, 0.05) is 43.8 Å². The first-order valence-corrected chi connectivity index (χ1v) is 17.3. The molecular weight excluding hydrogens is 639 g/mol. The van der Waals surface area contributed by atoms with Crippen molar-refractivity contribution in [1.29, 1.82) is 0 Å². The molecule has 5 heteroatoms. The summed E-state index contributed by atoms with van der Waals surface area (Å²) in [6.07, 6.45) is 0. The molecule has 5 nitrogen and oxygen atoms in total. The Bertz CT molecular complexity index is 3210. The van der Waals surface area contributed by atoms with Gasteiger partial charge >= 0.3 is 0 Å². The highest BCUT2D eigenvalue weighted by molar-refractivity contribution is 6.15. The molecule has 0 aliphatic carbocycles. The summed E-state index contributed by atoms with van der Waals surface area (Å²) in [4.78, 5) is 15.4. The second-order valence-corrected chi connectivity index (χ2v) is 13.2. The Kier molecular flexibility index (Phi) is 6.18. The number of fused-ring (bicyclic) bond motifs is 8. The highest BCUT2D eigenvalue weighted by Crippen LogP contribution is 2.41. The van der Waals surface area contributed by atoms with E-state index in [0.29, 0.717) is 17.5 Å². The Hall–Kier alpha value is -7.11. The predicted octanol–water partition coefficient (Wildman–Crippen LogP) is 12.6. The maximum absolute atomic E-state index is 6.68. The van der Waals surface area contributed by atoms with Crippen LogP contribution in [0.2, 0.25) is 0 Å². The van der Waals surface area contributed by atoms with Gasteiger partial charge in [0.05, 0.1) is 0 Å². The molecule has 3 aromatic heterocycles. The van der Waals surface area contributed by atoms with Gasteiger partial charge in [0.25, 0.3) is 0 Å². The maximum atomic E-state index is 6.68. The molecule has 0 atom stereocenters. The maximum Gasteiger partial charge on any atom is 0.164 e. The topological polar surface area (TPSA) is 65.0 Å². The lowest BCUT2D eigenvalue weighted by molar-refractivity contribution is 0.669. The van der Waals surface area contributed by atoms with Crippen LogP contribution in [0.3, 0.4) is 0 Å². The lowest BCUT2D eigenvalue weighted by atomic mass is 9.98. The Labute approximate surface area is 297 Å². The van der Waals surface area contributed by atoms with E-state index in [1.54, 1.807) is 0 Å². The summed E-state index contributed by atoms with van der Waals surface area (Å²) >= 11 is 0. The van der Waals surface area contributed by atoms with Gasteiger partial charge in [-0.05, 0) is 63.5 Å². The van der Waals surface area contributed by atoms with Gasteiger partial charge in [0.15, 0.2) is 17.5 Å². The molecule has 0 spiro atoms. The molecule has 0 bridgehead atoms. The first-order chi connectivity index (χ1) is 25.7. The molecule has 52 heavy (non-hydrogen) atoms. The van der Waals surface area contributed by atoms with E-state index >= 15 is 0 Å². The molecule has 0 radical (unpaired) electrons. The fourth-order valence-electron chi connectivity index (χ4n) is 7.57. The van der Waals surface area contributed by atoms with Gasteiger partial charge in [-0.15, -0.1) is 0 Å². The summed E-state index contributed by atoms with van der Waals surface area (Å²) < 4.78 is 13.0. The zero-order valence-corrected chi connectivity index (χ0v) is 27.7. The molecule has 11 rings (SSSR count). The number of furan rings is 2. The van der Waals surface area contributed by atoms with Gasteiger partial charge in [0.1, 0.15) is 22.3 Å². The van der Waals surface area contributed by atoms with E-state index in [1.165, 1.54) is 10.8 Å². The van der Waals surface area contributed by atoms with E-state index < -0.39 is 0 Å². The van der Waals surface area contributed by atoms with Crippen LogP contribution in [0.25, 0.3) is 111 Å². The van der Waals surface area contributed by atoms with Gasteiger partial charge in [-0.25, -0.2) is 15.0 Å². The van der Waals surface area contributed by atoms with Crippen molar-refractivity contribution in [3.8, 4) is 45.3 Å². The Morgan fingerprint density at radius 1 is 0.327 bits per heavy atom. The number of benzene rings is 8. The molecule has 0 N–H and O–H groups in total. The minimum absolute atomic E-state index is 0.567. The van der Waals surface area contributed by atoms with Crippen molar-refractivity contribution in [2.45, 2.75) is 0 Å². The van der Waals surface area contributed by atoms with E-state index in [4.69, 9.17) is 23.8 Å². The van der Waals surface area contributed by atoms with Crippen molar-refractivity contribution in [2.24, 2.45) is 0 Å². The summed E-state index contributed by atoms with van der Waals surface area (Å²) in [5.74, 6) is 1.73. The molecule has 0 aliphatic rings. The average Bonchev–Trinajstić information content (AvgIpc) is 3.78. The van der Waals surface area contributed by atoms with Crippen LogP contribution in [-0.4, -0.2) is 15.0 Å². The van der Waals surface area contributed by atoms with Crippen LogP contribution in [0.5, 0.6) is 0 Å². The molecule has 0 aliphatic heterocycles. The summed E-state index contributed by atoms with van der Waals surface area (Å²) in [6, 6.07) is 56.4. The number of aromatic nitrogens is 3. The van der Waals surface area contributed by atoms with Gasteiger partial charge in [-0.2, -0.15) is 0 Å². The van der Waals surface area contributed by atoms with Crippen molar-refractivity contribution in [3.63, 3.8) is 0 Å². The highest BCUT2D eigenvalue weighted by Gasteiger charge is 2.20. The van der Waals surface area contributed by atoms with Crippen LogP contribution >= 0.6 is 0 Å². The zero-order chi connectivity index (χ0) is 34.2. The monoisotopic (exact) mass is 665 g/mol. The molecule has 8 aromatic carbocycles. The number of hydrogen-bond donors (Lipinski definition) is 0. The number of hydrogen-bond acceptors (Lipinski definition) is 5. The van der Waals surface area contributed by atoms with Crippen molar-refractivity contribution in [2.75, 3.05) is 0 Å². The van der Waals surface area contributed by atoms with E-state index in [1.807, 2.05) is 36.4 Å². The summed E-state index contributed by atoms with van der Waals surface area (Å²) in [7, 11) is 0. The third-order valence-corrected chi connectivity index (χ3v) is 10.1.